The summed E-state index contributed by atoms with van der Waals surface area (Å²) < 4.78 is 0. The van der Waals surface area contributed by atoms with Crippen molar-refractivity contribution in [2.45, 2.75) is 31.6 Å². The standard InChI is InChI=1S/C10H15NS/c1-3-7-5-9(12)6-8(4-2)10(7)11/h5-6,12H,3-4,11H2,1-2H3. The Bertz CT molecular complexity index is 256. The van der Waals surface area contributed by atoms with Crippen LogP contribution < -0.4 is 5.73 Å². The van der Waals surface area contributed by atoms with Gasteiger partial charge in [0.2, 0.25) is 0 Å². The normalized spacial score (nSPS) is 10.2. The zero-order valence-electron chi connectivity index (χ0n) is 7.59. The van der Waals surface area contributed by atoms with Gasteiger partial charge in [-0.15, -0.1) is 12.6 Å². The van der Waals surface area contributed by atoms with Crippen LogP contribution in [0.2, 0.25) is 0 Å². The molecule has 2 heteroatoms. The van der Waals surface area contributed by atoms with Crippen LogP contribution >= 0.6 is 12.6 Å². The van der Waals surface area contributed by atoms with Gasteiger partial charge in [-0.2, -0.15) is 0 Å². The highest BCUT2D eigenvalue weighted by Crippen LogP contribution is 2.23. The summed E-state index contributed by atoms with van der Waals surface area (Å²) in [6.45, 7) is 4.22. The summed E-state index contributed by atoms with van der Waals surface area (Å²) in [5.74, 6) is 0. The Morgan fingerprint density at radius 1 is 1.17 bits per heavy atom. The topological polar surface area (TPSA) is 26.0 Å². The summed E-state index contributed by atoms with van der Waals surface area (Å²) in [7, 11) is 0. The van der Waals surface area contributed by atoms with E-state index in [9.17, 15) is 0 Å². The quantitative estimate of drug-likeness (QED) is 0.532. The molecule has 0 saturated carbocycles. The van der Waals surface area contributed by atoms with Crippen molar-refractivity contribution in [1.82, 2.24) is 0 Å². The van der Waals surface area contributed by atoms with Crippen molar-refractivity contribution in [2.75, 3.05) is 5.73 Å². The van der Waals surface area contributed by atoms with E-state index >= 15 is 0 Å². The summed E-state index contributed by atoms with van der Waals surface area (Å²) in [5, 5.41) is 0. The fourth-order valence-corrected chi connectivity index (χ4v) is 1.66. The Morgan fingerprint density at radius 2 is 1.58 bits per heavy atom. The second kappa shape index (κ2) is 3.85. The smallest absolute Gasteiger partial charge is 0.0379 e. The van der Waals surface area contributed by atoms with E-state index < -0.39 is 0 Å². The van der Waals surface area contributed by atoms with Gasteiger partial charge in [0.25, 0.3) is 0 Å². The van der Waals surface area contributed by atoms with Gasteiger partial charge in [0.05, 0.1) is 0 Å². The maximum atomic E-state index is 5.94. The van der Waals surface area contributed by atoms with Crippen LogP contribution in [0.3, 0.4) is 0 Å². The molecule has 0 aliphatic rings. The average Bonchev–Trinajstić information content (AvgIpc) is 2.08. The van der Waals surface area contributed by atoms with Crippen molar-refractivity contribution in [3.05, 3.63) is 23.3 Å². The monoisotopic (exact) mass is 181 g/mol. The van der Waals surface area contributed by atoms with Crippen molar-refractivity contribution in [2.24, 2.45) is 0 Å². The van der Waals surface area contributed by atoms with Crippen LogP contribution in [0.1, 0.15) is 25.0 Å². The van der Waals surface area contributed by atoms with E-state index in [1.807, 2.05) is 12.1 Å². The van der Waals surface area contributed by atoms with Gasteiger partial charge in [0, 0.05) is 10.6 Å². The van der Waals surface area contributed by atoms with Gasteiger partial charge >= 0.3 is 0 Å². The van der Waals surface area contributed by atoms with E-state index in [-0.39, 0.29) is 0 Å². The molecule has 1 aromatic carbocycles. The van der Waals surface area contributed by atoms with Crippen molar-refractivity contribution < 1.29 is 0 Å². The molecule has 0 bridgehead atoms. The number of thiol groups is 1. The highest BCUT2D eigenvalue weighted by atomic mass is 32.1. The molecule has 1 aromatic rings. The highest BCUT2D eigenvalue weighted by Gasteiger charge is 2.03. The second-order valence-electron chi connectivity index (χ2n) is 2.88. The van der Waals surface area contributed by atoms with Crippen LogP contribution in [0.4, 0.5) is 5.69 Å². The first-order chi connectivity index (χ1) is 5.69. The van der Waals surface area contributed by atoms with Gasteiger partial charge in [-0.3, -0.25) is 0 Å². The lowest BCUT2D eigenvalue weighted by Gasteiger charge is -2.09. The predicted molar refractivity (Wildman–Crippen MR) is 56.9 cm³/mol. The van der Waals surface area contributed by atoms with Crippen LogP contribution in [0, 0.1) is 0 Å². The molecule has 12 heavy (non-hydrogen) atoms. The van der Waals surface area contributed by atoms with E-state index in [2.05, 4.69) is 26.5 Å². The number of rotatable bonds is 2. The molecule has 0 atom stereocenters. The molecular formula is C10H15NS. The number of nitrogen functional groups attached to an aromatic ring is 1. The Labute approximate surface area is 79.4 Å². The lowest BCUT2D eigenvalue weighted by molar-refractivity contribution is 1.07. The zero-order chi connectivity index (χ0) is 9.14. The second-order valence-corrected chi connectivity index (χ2v) is 3.40. The lowest BCUT2D eigenvalue weighted by atomic mass is 10.0. The average molecular weight is 181 g/mol. The third-order valence-corrected chi connectivity index (χ3v) is 2.36. The molecule has 1 rings (SSSR count). The molecule has 0 aromatic heterocycles. The molecule has 0 heterocycles. The van der Waals surface area contributed by atoms with Crippen LogP contribution in [0.15, 0.2) is 17.0 Å². The Kier molecular flexibility index (Phi) is 3.04. The van der Waals surface area contributed by atoms with Crippen molar-refractivity contribution in [3.8, 4) is 0 Å². The maximum Gasteiger partial charge on any atom is 0.0379 e. The van der Waals surface area contributed by atoms with Gasteiger partial charge < -0.3 is 5.73 Å². The van der Waals surface area contributed by atoms with Crippen LogP contribution in [-0.4, -0.2) is 0 Å². The van der Waals surface area contributed by atoms with Crippen molar-refractivity contribution in [3.63, 3.8) is 0 Å². The van der Waals surface area contributed by atoms with Crippen molar-refractivity contribution in [1.29, 1.82) is 0 Å². The molecule has 0 aliphatic heterocycles. The fraction of sp³-hybridized carbons (Fsp3) is 0.400. The fourth-order valence-electron chi connectivity index (χ4n) is 1.35. The maximum absolute atomic E-state index is 5.94. The first kappa shape index (κ1) is 9.46. The summed E-state index contributed by atoms with van der Waals surface area (Å²) in [6, 6.07) is 4.08. The Hall–Kier alpha value is -0.630. The summed E-state index contributed by atoms with van der Waals surface area (Å²) in [5.41, 5.74) is 9.30. The molecule has 0 fully saturated rings. The number of hydrogen-bond acceptors (Lipinski definition) is 2. The largest absolute Gasteiger partial charge is 0.398 e. The minimum atomic E-state index is 0.942. The summed E-state index contributed by atoms with van der Waals surface area (Å²) in [6.07, 6.45) is 1.96. The van der Waals surface area contributed by atoms with Gasteiger partial charge in [0.15, 0.2) is 0 Å². The van der Waals surface area contributed by atoms with E-state index in [4.69, 9.17) is 5.73 Å². The predicted octanol–water partition coefficient (Wildman–Crippen LogP) is 2.68. The highest BCUT2D eigenvalue weighted by molar-refractivity contribution is 7.80. The minimum absolute atomic E-state index is 0.942. The number of benzene rings is 1. The number of hydrogen-bond donors (Lipinski definition) is 2. The third kappa shape index (κ3) is 1.75. The minimum Gasteiger partial charge on any atom is -0.398 e. The molecule has 0 radical (unpaired) electrons. The molecule has 1 nitrogen and oxygen atoms in total. The SMILES string of the molecule is CCc1cc(S)cc(CC)c1N. The van der Waals surface area contributed by atoms with E-state index in [1.54, 1.807) is 0 Å². The Balaban J connectivity index is 3.22. The molecule has 2 N–H and O–H groups in total. The van der Waals surface area contributed by atoms with Crippen molar-refractivity contribution >= 4 is 18.3 Å². The third-order valence-electron chi connectivity index (χ3n) is 2.10. The number of aryl methyl sites for hydroxylation is 2. The lowest BCUT2D eigenvalue weighted by Crippen LogP contribution is -1.98. The van der Waals surface area contributed by atoms with Crippen LogP contribution in [0.25, 0.3) is 0 Å². The van der Waals surface area contributed by atoms with E-state index in [1.165, 1.54) is 11.1 Å². The van der Waals surface area contributed by atoms with Crippen LogP contribution in [0.5, 0.6) is 0 Å². The molecule has 0 aliphatic carbocycles. The van der Waals surface area contributed by atoms with Gasteiger partial charge in [-0.25, -0.2) is 0 Å². The molecule has 0 unspecified atom stereocenters. The van der Waals surface area contributed by atoms with E-state index in [0.29, 0.717) is 0 Å². The van der Waals surface area contributed by atoms with Gasteiger partial charge in [0.1, 0.15) is 0 Å². The molecule has 0 saturated heterocycles. The first-order valence-corrected chi connectivity index (χ1v) is 4.74. The van der Waals surface area contributed by atoms with Gasteiger partial charge in [-0.05, 0) is 36.1 Å². The molecule has 0 spiro atoms. The summed E-state index contributed by atoms with van der Waals surface area (Å²) >= 11 is 4.32. The number of anilines is 1. The van der Waals surface area contributed by atoms with Crippen LogP contribution in [-0.2, 0) is 12.8 Å². The molecule has 66 valence electrons. The molecular weight excluding hydrogens is 166 g/mol. The number of nitrogens with two attached hydrogens (primary N) is 1. The zero-order valence-corrected chi connectivity index (χ0v) is 8.49. The van der Waals surface area contributed by atoms with Gasteiger partial charge in [-0.1, -0.05) is 13.8 Å². The summed E-state index contributed by atoms with van der Waals surface area (Å²) in [4.78, 5) is 1.01. The first-order valence-electron chi connectivity index (χ1n) is 4.29. The van der Waals surface area contributed by atoms with E-state index in [0.717, 1.165) is 23.4 Å². The Morgan fingerprint density at radius 3 is 1.92 bits per heavy atom. The molecule has 0 amide bonds.